The fourth-order valence-electron chi connectivity index (χ4n) is 4.64. The van der Waals surface area contributed by atoms with Crippen molar-refractivity contribution in [2.24, 2.45) is 0 Å². The van der Waals surface area contributed by atoms with Crippen LogP contribution in [0.15, 0.2) is 34.9 Å². The summed E-state index contributed by atoms with van der Waals surface area (Å²) in [5.41, 5.74) is 3.01. The summed E-state index contributed by atoms with van der Waals surface area (Å²) in [6, 6.07) is 10.2. The van der Waals surface area contributed by atoms with Gasteiger partial charge in [0, 0.05) is 30.3 Å². The van der Waals surface area contributed by atoms with E-state index in [1.807, 2.05) is 19.1 Å². The van der Waals surface area contributed by atoms with Gasteiger partial charge in [0.1, 0.15) is 12.4 Å². The van der Waals surface area contributed by atoms with E-state index in [0.29, 0.717) is 46.5 Å². The standard InChI is InChI=1S/C24H27N7O4/c1-15-9-20(29-35-15)23-27-26-22-10-21(32-2)24(28-31(22)23)34-12-17-6-3-7-19(25-17)16-5-4-8-30(11-16)18-13-33-14-18/h3,6-7,9-10,16,18H,4-5,8,11-14H2,1-2H3. The van der Waals surface area contributed by atoms with Gasteiger partial charge in [0.15, 0.2) is 17.1 Å². The van der Waals surface area contributed by atoms with Crippen LogP contribution in [0.3, 0.4) is 0 Å². The van der Waals surface area contributed by atoms with Gasteiger partial charge in [-0.1, -0.05) is 11.2 Å². The highest BCUT2D eigenvalue weighted by molar-refractivity contribution is 5.56. The van der Waals surface area contributed by atoms with Crippen molar-refractivity contribution in [3.8, 4) is 23.1 Å². The van der Waals surface area contributed by atoms with Gasteiger partial charge in [-0.2, -0.15) is 4.52 Å². The third-order valence-electron chi connectivity index (χ3n) is 6.60. The minimum atomic E-state index is 0.260. The first-order valence-corrected chi connectivity index (χ1v) is 11.8. The van der Waals surface area contributed by atoms with Crippen LogP contribution in [0.4, 0.5) is 0 Å². The number of hydrogen-bond donors (Lipinski definition) is 0. The zero-order valence-electron chi connectivity index (χ0n) is 19.8. The molecule has 11 nitrogen and oxygen atoms in total. The third kappa shape index (κ3) is 4.32. The first kappa shape index (κ1) is 21.9. The van der Waals surface area contributed by atoms with Crippen LogP contribution in [0.2, 0.25) is 0 Å². The number of nitrogens with zero attached hydrogens (tertiary/aromatic N) is 7. The van der Waals surface area contributed by atoms with Crippen molar-refractivity contribution in [1.29, 1.82) is 0 Å². The van der Waals surface area contributed by atoms with E-state index < -0.39 is 0 Å². The summed E-state index contributed by atoms with van der Waals surface area (Å²) in [4.78, 5) is 7.46. The topological polar surface area (TPSA) is 113 Å². The Bertz CT molecular complexity index is 1330. The summed E-state index contributed by atoms with van der Waals surface area (Å²) >= 11 is 0. The minimum absolute atomic E-state index is 0.260. The molecule has 2 aliphatic rings. The van der Waals surface area contributed by atoms with Gasteiger partial charge in [0.2, 0.25) is 5.82 Å². The largest absolute Gasteiger partial charge is 0.491 e. The molecule has 0 saturated carbocycles. The smallest absolute Gasteiger partial charge is 0.275 e. The summed E-state index contributed by atoms with van der Waals surface area (Å²) in [6.45, 7) is 5.93. The fourth-order valence-corrected chi connectivity index (χ4v) is 4.64. The maximum Gasteiger partial charge on any atom is 0.275 e. The molecule has 2 saturated heterocycles. The molecular weight excluding hydrogens is 450 g/mol. The Labute approximate surface area is 202 Å². The Morgan fingerprint density at radius 1 is 1.17 bits per heavy atom. The van der Waals surface area contributed by atoms with Gasteiger partial charge < -0.3 is 18.7 Å². The lowest BCUT2D eigenvalue weighted by molar-refractivity contribution is -0.0723. The number of piperidine rings is 1. The number of pyridine rings is 1. The van der Waals surface area contributed by atoms with Crippen molar-refractivity contribution in [3.63, 3.8) is 0 Å². The molecule has 1 unspecified atom stereocenters. The second kappa shape index (κ2) is 9.23. The minimum Gasteiger partial charge on any atom is -0.491 e. The zero-order chi connectivity index (χ0) is 23.8. The number of methoxy groups -OCH3 is 1. The molecule has 182 valence electrons. The Hall–Kier alpha value is -3.57. The zero-order valence-corrected chi connectivity index (χ0v) is 19.8. The molecule has 0 aliphatic carbocycles. The molecule has 4 aromatic heterocycles. The number of hydrogen-bond acceptors (Lipinski definition) is 10. The number of aromatic nitrogens is 6. The van der Waals surface area contributed by atoms with Crippen molar-refractivity contribution >= 4 is 5.65 Å². The molecule has 2 aliphatic heterocycles. The third-order valence-corrected chi connectivity index (χ3v) is 6.60. The predicted molar refractivity (Wildman–Crippen MR) is 124 cm³/mol. The van der Waals surface area contributed by atoms with Gasteiger partial charge in [0.05, 0.1) is 32.1 Å². The van der Waals surface area contributed by atoms with E-state index >= 15 is 0 Å². The summed E-state index contributed by atoms with van der Waals surface area (Å²) in [7, 11) is 1.57. The summed E-state index contributed by atoms with van der Waals surface area (Å²) in [6.07, 6.45) is 2.32. The molecule has 1 atom stereocenters. The Kier molecular flexibility index (Phi) is 5.78. The van der Waals surface area contributed by atoms with Crippen LogP contribution in [-0.4, -0.2) is 74.3 Å². The van der Waals surface area contributed by atoms with Gasteiger partial charge in [0.25, 0.3) is 5.88 Å². The van der Waals surface area contributed by atoms with Crippen LogP contribution in [0.1, 0.15) is 35.9 Å². The molecule has 6 rings (SSSR count). The molecule has 0 radical (unpaired) electrons. The molecule has 11 heteroatoms. The molecule has 0 N–H and O–H groups in total. The van der Waals surface area contributed by atoms with Crippen LogP contribution >= 0.6 is 0 Å². The number of aryl methyl sites for hydroxylation is 1. The highest BCUT2D eigenvalue weighted by Gasteiger charge is 2.31. The Morgan fingerprint density at radius 2 is 2.09 bits per heavy atom. The number of likely N-dealkylation sites (tertiary alicyclic amines) is 1. The summed E-state index contributed by atoms with van der Waals surface area (Å²) in [5, 5.41) is 17.0. The van der Waals surface area contributed by atoms with Gasteiger partial charge >= 0.3 is 0 Å². The van der Waals surface area contributed by atoms with Crippen molar-refractivity contribution in [2.45, 2.75) is 38.3 Å². The van der Waals surface area contributed by atoms with E-state index in [-0.39, 0.29) is 6.61 Å². The van der Waals surface area contributed by atoms with E-state index in [4.69, 9.17) is 23.7 Å². The average Bonchev–Trinajstić information content (AvgIpc) is 3.46. The van der Waals surface area contributed by atoms with Crippen molar-refractivity contribution < 1.29 is 18.7 Å². The maximum atomic E-state index is 6.07. The number of rotatable bonds is 7. The lowest BCUT2D eigenvalue weighted by Crippen LogP contribution is -2.52. The number of ether oxygens (including phenoxy) is 3. The van der Waals surface area contributed by atoms with E-state index in [2.05, 4.69) is 31.4 Å². The van der Waals surface area contributed by atoms with Gasteiger partial charge in [-0.3, -0.25) is 9.88 Å². The van der Waals surface area contributed by atoms with E-state index in [1.165, 1.54) is 6.42 Å². The predicted octanol–water partition coefficient (Wildman–Crippen LogP) is 2.65. The van der Waals surface area contributed by atoms with Crippen LogP contribution in [0, 0.1) is 6.92 Å². The highest BCUT2D eigenvalue weighted by Crippen LogP contribution is 2.30. The SMILES string of the molecule is COc1cc2nnc(-c3cc(C)on3)n2nc1OCc1cccc(C2CCCN(C3COC3)C2)n1. The highest BCUT2D eigenvalue weighted by atomic mass is 16.5. The second-order valence-electron chi connectivity index (χ2n) is 9.00. The lowest BCUT2D eigenvalue weighted by atomic mass is 9.93. The molecule has 6 heterocycles. The Morgan fingerprint density at radius 3 is 2.86 bits per heavy atom. The summed E-state index contributed by atoms with van der Waals surface area (Å²) in [5.74, 6) is 2.34. The fraction of sp³-hybridized carbons (Fsp3) is 0.458. The summed E-state index contributed by atoms with van der Waals surface area (Å²) < 4.78 is 23.7. The van der Waals surface area contributed by atoms with E-state index in [0.717, 1.165) is 44.1 Å². The molecule has 0 amide bonds. The molecule has 0 bridgehead atoms. The molecule has 0 spiro atoms. The average molecular weight is 478 g/mol. The first-order valence-electron chi connectivity index (χ1n) is 11.8. The van der Waals surface area contributed by atoms with Gasteiger partial charge in [-0.25, -0.2) is 0 Å². The van der Waals surface area contributed by atoms with E-state index in [9.17, 15) is 0 Å². The second-order valence-corrected chi connectivity index (χ2v) is 9.00. The normalized spacial score (nSPS) is 19.1. The van der Waals surface area contributed by atoms with Gasteiger partial charge in [-0.15, -0.1) is 15.3 Å². The molecular formula is C24H27N7O4. The monoisotopic (exact) mass is 477 g/mol. The molecule has 35 heavy (non-hydrogen) atoms. The Balaban J connectivity index is 1.21. The van der Waals surface area contributed by atoms with Crippen LogP contribution in [0.25, 0.3) is 17.2 Å². The van der Waals surface area contributed by atoms with Crippen LogP contribution in [-0.2, 0) is 11.3 Å². The molecule has 0 aromatic carbocycles. The molecule has 2 fully saturated rings. The molecule has 4 aromatic rings. The van der Waals surface area contributed by atoms with Crippen LogP contribution < -0.4 is 9.47 Å². The van der Waals surface area contributed by atoms with E-state index in [1.54, 1.807) is 23.8 Å². The van der Waals surface area contributed by atoms with Crippen LogP contribution in [0.5, 0.6) is 11.6 Å². The quantitative estimate of drug-likeness (QED) is 0.394. The van der Waals surface area contributed by atoms with Gasteiger partial charge in [-0.05, 0) is 38.4 Å². The van der Waals surface area contributed by atoms with Crippen molar-refractivity contribution in [3.05, 3.63) is 47.5 Å². The van der Waals surface area contributed by atoms with Crippen molar-refractivity contribution in [1.82, 2.24) is 34.9 Å². The maximum absolute atomic E-state index is 6.07. The first-order chi connectivity index (χ1) is 17.2. The van der Waals surface area contributed by atoms with Crippen molar-refractivity contribution in [2.75, 3.05) is 33.4 Å². The lowest BCUT2D eigenvalue weighted by Gasteiger charge is -2.42. The number of fused-ring (bicyclic) bond motifs is 1.